The summed E-state index contributed by atoms with van der Waals surface area (Å²) in [5, 5.41) is 2.74. The van der Waals surface area contributed by atoms with E-state index in [1.807, 2.05) is 0 Å². The predicted octanol–water partition coefficient (Wildman–Crippen LogP) is 1.21. The second-order valence-electron chi connectivity index (χ2n) is 2.05. The molecule has 0 aromatic heterocycles. The van der Waals surface area contributed by atoms with Gasteiger partial charge in [0.2, 0.25) is 0 Å². The second-order valence-corrected chi connectivity index (χ2v) is 2.05. The van der Waals surface area contributed by atoms with Crippen LogP contribution in [0.1, 0.15) is 5.56 Å². The Morgan fingerprint density at radius 2 is 2.00 bits per heavy atom. The van der Waals surface area contributed by atoms with E-state index in [2.05, 4.69) is 10.0 Å². The zero-order chi connectivity index (χ0) is 8.10. The molecule has 0 bridgehead atoms. The fourth-order valence-electron chi connectivity index (χ4n) is 0.748. The minimum Gasteiger partial charge on any atom is -0.412 e. The van der Waals surface area contributed by atoms with Crippen LogP contribution in [0, 0.1) is 4.91 Å². The quantitative estimate of drug-likeness (QED) is 0.522. The van der Waals surface area contributed by atoms with Crippen molar-refractivity contribution in [3.8, 4) is 5.75 Å². The molecule has 0 aliphatic heterocycles. The normalized spacial score (nSPS) is 9.18. The van der Waals surface area contributed by atoms with Crippen LogP contribution in [0.2, 0.25) is 0 Å². The molecule has 0 heterocycles. The monoisotopic (exact) mass is 152 g/mol. The lowest BCUT2D eigenvalue weighted by Gasteiger charge is -1.97. The number of nitrogens with zero attached hydrogens (tertiary/aromatic N) is 1. The first kappa shape index (κ1) is 7.68. The molecule has 1 aromatic rings. The van der Waals surface area contributed by atoms with Crippen molar-refractivity contribution in [1.82, 2.24) is 0 Å². The Morgan fingerprint density at radius 3 is 2.45 bits per heavy atom. The van der Waals surface area contributed by atoms with Crippen molar-refractivity contribution in [3.05, 3.63) is 34.7 Å². The summed E-state index contributed by atoms with van der Waals surface area (Å²) < 4.78 is 0. The number of hydrogen-bond donors (Lipinski definition) is 1. The molecule has 1 rings (SSSR count). The molecule has 2 N–H and O–H groups in total. The highest BCUT2D eigenvalue weighted by Crippen LogP contribution is 2.10. The standard InChI is InChI=1S/C7H8N2O2/c8-11-7-3-1-6(2-4-7)5-9-10/h1-4H,5,8H2. The molecule has 58 valence electrons. The average molecular weight is 152 g/mol. The molecule has 4 heteroatoms. The summed E-state index contributed by atoms with van der Waals surface area (Å²) in [6, 6.07) is 6.84. The van der Waals surface area contributed by atoms with Crippen molar-refractivity contribution >= 4 is 0 Å². The van der Waals surface area contributed by atoms with Crippen LogP contribution in [0.4, 0.5) is 0 Å². The van der Waals surface area contributed by atoms with E-state index < -0.39 is 0 Å². The molecule has 0 saturated heterocycles. The van der Waals surface area contributed by atoms with Gasteiger partial charge in [0.15, 0.2) is 0 Å². The summed E-state index contributed by atoms with van der Waals surface area (Å²) in [5.41, 5.74) is 0.848. The van der Waals surface area contributed by atoms with E-state index in [1.165, 1.54) is 0 Å². The third-order valence-electron chi connectivity index (χ3n) is 1.31. The molecular formula is C7H8N2O2. The molecular weight excluding hydrogens is 144 g/mol. The van der Waals surface area contributed by atoms with Crippen molar-refractivity contribution in [1.29, 1.82) is 0 Å². The van der Waals surface area contributed by atoms with Gasteiger partial charge < -0.3 is 4.84 Å². The van der Waals surface area contributed by atoms with Crippen LogP contribution in [0.25, 0.3) is 0 Å². The molecule has 0 radical (unpaired) electrons. The van der Waals surface area contributed by atoms with Gasteiger partial charge in [-0.25, -0.2) is 0 Å². The first-order valence-electron chi connectivity index (χ1n) is 3.11. The molecule has 4 nitrogen and oxygen atoms in total. The van der Waals surface area contributed by atoms with Gasteiger partial charge in [-0.05, 0) is 17.7 Å². The van der Waals surface area contributed by atoms with Gasteiger partial charge in [-0.1, -0.05) is 17.3 Å². The molecule has 0 atom stereocenters. The Labute approximate surface area is 63.9 Å². The van der Waals surface area contributed by atoms with E-state index in [9.17, 15) is 4.91 Å². The van der Waals surface area contributed by atoms with Crippen LogP contribution in [0.5, 0.6) is 5.75 Å². The van der Waals surface area contributed by atoms with Crippen LogP contribution >= 0.6 is 0 Å². The molecule has 0 aliphatic carbocycles. The first-order valence-corrected chi connectivity index (χ1v) is 3.11. The molecule has 0 saturated carbocycles. The lowest BCUT2D eigenvalue weighted by atomic mass is 10.2. The van der Waals surface area contributed by atoms with Gasteiger partial charge in [0, 0.05) is 0 Å². The Kier molecular flexibility index (Phi) is 2.57. The maximum Gasteiger partial charge on any atom is 0.146 e. The third-order valence-corrected chi connectivity index (χ3v) is 1.31. The maximum absolute atomic E-state index is 9.82. The highest BCUT2D eigenvalue weighted by atomic mass is 16.6. The zero-order valence-electron chi connectivity index (χ0n) is 5.86. The van der Waals surface area contributed by atoms with Crippen LogP contribution in [0.3, 0.4) is 0 Å². The van der Waals surface area contributed by atoms with Gasteiger partial charge in [0.05, 0.1) is 0 Å². The lowest BCUT2D eigenvalue weighted by Crippen LogP contribution is -2.01. The highest BCUT2D eigenvalue weighted by Gasteiger charge is 1.92. The van der Waals surface area contributed by atoms with Crippen molar-refractivity contribution in [2.75, 3.05) is 0 Å². The fraction of sp³-hybridized carbons (Fsp3) is 0.143. The third kappa shape index (κ3) is 2.01. The van der Waals surface area contributed by atoms with E-state index in [4.69, 9.17) is 5.90 Å². The Bertz CT molecular complexity index is 233. The Morgan fingerprint density at radius 1 is 1.36 bits per heavy atom. The molecule has 0 spiro atoms. The zero-order valence-corrected chi connectivity index (χ0v) is 5.86. The highest BCUT2D eigenvalue weighted by molar-refractivity contribution is 5.26. The van der Waals surface area contributed by atoms with E-state index in [0.717, 1.165) is 5.56 Å². The van der Waals surface area contributed by atoms with Crippen LogP contribution in [0.15, 0.2) is 29.4 Å². The van der Waals surface area contributed by atoms with Gasteiger partial charge >= 0.3 is 0 Å². The van der Waals surface area contributed by atoms with Crippen LogP contribution < -0.4 is 10.7 Å². The Balaban J connectivity index is 2.74. The molecule has 0 fully saturated rings. The molecule has 1 aromatic carbocycles. The molecule has 11 heavy (non-hydrogen) atoms. The van der Waals surface area contributed by atoms with E-state index in [-0.39, 0.29) is 6.54 Å². The predicted molar refractivity (Wildman–Crippen MR) is 40.8 cm³/mol. The number of nitroso groups, excluding NO2 is 1. The van der Waals surface area contributed by atoms with Crippen LogP contribution in [-0.4, -0.2) is 0 Å². The van der Waals surface area contributed by atoms with Gasteiger partial charge in [-0.2, -0.15) is 10.8 Å². The number of benzene rings is 1. The molecule has 0 amide bonds. The van der Waals surface area contributed by atoms with E-state index in [1.54, 1.807) is 24.3 Å². The minimum atomic E-state index is 0.185. The summed E-state index contributed by atoms with van der Waals surface area (Å²) in [7, 11) is 0. The van der Waals surface area contributed by atoms with Crippen LogP contribution in [-0.2, 0) is 6.54 Å². The number of nitrogens with two attached hydrogens (primary N) is 1. The van der Waals surface area contributed by atoms with Crippen molar-refractivity contribution in [2.45, 2.75) is 6.54 Å². The van der Waals surface area contributed by atoms with E-state index in [0.29, 0.717) is 5.75 Å². The average Bonchev–Trinajstić information content (AvgIpc) is 2.07. The van der Waals surface area contributed by atoms with Gasteiger partial charge in [0.25, 0.3) is 0 Å². The van der Waals surface area contributed by atoms with Crippen molar-refractivity contribution in [2.24, 2.45) is 11.1 Å². The minimum absolute atomic E-state index is 0.185. The Hall–Kier alpha value is -1.42. The van der Waals surface area contributed by atoms with Gasteiger partial charge in [-0.3, -0.25) is 0 Å². The largest absolute Gasteiger partial charge is 0.412 e. The summed E-state index contributed by atoms with van der Waals surface area (Å²) in [4.78, 5) is 14.3. The lowest BCUT2D eigenvalue weighted by molar-refractivity contribution is 0.334. The van der Waals surface area contributed by atoms with Crippen molar-refractivity contribution < 1.29 is 4.84 Å². The molecule has 0 unspecified atom stereocenters. The number of hydrogen-bond acceptors (Lipinski definition) is 4. The maximum atomic E-state index is 9.82. The smallest absolute Gasteiger partial charge is 0.146 e. The van der Waals surface area contributed by atoms with Crippen molar-refractivity contribution in [3.63, 3.8) is 0 Å². The number of rotatable bonds is 3. The second kappa shape index (κ2) is 3.68. The first-order chi connectivity index (χ1) is 5.36. The summed E-state index contributed by atoms with van der Waals surface area (Å²) >= 11 is 0. The topological polar surface area (TPSA) is 64.7 Å². The fourth-order valence-corrected chi connectivity index (χ4v) is 0.748. The summed E-state index contributed by atoms with van der Waals surface area (Å²) in [6.07, 6.45) is 0. The molecule has 0 aliphatic rings. The van der Waals surface area contributed by atoms with Gasteiger partial charge in [-0.15, -0.1) is 0 Å². The SMILES string of the molecule is NOc1ccc(CN=O)cc1. The summed E-state index contributed by atoms with van der Waals surface area (Å²) in [6.45, 7) is 0.185. The summed E-state index contributed by atoms with van der Waals surface area (Å²) in [5.74, 6) is 5.46. The van der Waals surface area contributed by atoms with E-state index >= 15 is 0 Å². The van der Waals surface area contributed by atoms with Gasteiger partial charge in [0.1, 0.15) is 12.3 Å².